The number of nitro benzene ring substituents is 1. The molecule has 1 aromatic carbocycles. The highest BCUT2D eigenvalue weighted by atomic mass is 16.6. The quantitative estimate of drug-likeness (QED) is 0.497. The zero-order valence-corrected chi connectivity index (χ0v) is 14.2. The van der Waals surface area contributed by atoms with Crippen molar-refractivity contribution in [3.63, 3.8) is 0 Å². The number of ketones is 1. The molecule has 4 aliphatic carbocycles. The Hall–Kier alpha value is -2.83. The van der Waals surface area contributed by atoms with E-state index in [2.05, 4.69) is 0 Å². The number of rotatable bonds is 3. The normalized spacial score (nSPS) is 27.7. The number of hydrogen-bond donors (Lipinski definition) is 2. The summed E-state index contributed by atoms with van der Waals surface area (Å²) < 4.78 is 1.33. The third kappa shape index (κ3) is 1.80. The van der Waals surface area contributed by atoms with Gasteiger partial charge in [-0.05, 0) is 62.0 Å². The lowest BCUT2D eigenvalue weighted by atomic mass is 9.68. The van der Waals surface area contributed by atoms with Crippen molar-refractivity contribution >= 4 is 11.5 Å². The van der Waals surface area contributed by atoms with Gasteiger partial charge in [-0.3, -0.25) is 19.5 Å². The number of benzene rings is 1. The number of aromatic hydroxyl groups is 2. The van der Waals surface area contributed by atoms with Crippen molar-refractivity contribution < 1.29 is 19.9 Å². The number of hydrogen-bond acceptors (Lipinski definition) is 5. The molecular formula is C19H18N2O5. The minimum absolute atomic E-state index is 0.000838. The van der Waals surface area contributed by atoms with Gasteiger partial charge in [0.2, 0.25) is 11.8 Å². The first kappa shape index (κ1) is 15.4. The largest absolute Gasteiger partial charge is 0.494 e. The SMILES string of the molecule is CC(=O)c1cc(-n2c(O)c3c(c2O)[C@@H]2CC[C@H]3[C@H]3C[C@H]32)ccc1[N+](=O)[O-]. The van der Waals surface area contributed by atoms with Crippen molar-refractivity contribution in [2.75, 3.05) is 0 Å². The standard InChI is InChI=1S/C19H18N2O5/c1-8(22)12-6-9(2-5-15(12)21(25)26)20-18(23)16-10-3-4-11(14-7-13(10)14)17(16)19(20)24/h2,5-6,10-11,13-14,23-24H,3-4,7H2,1H3/t10-,11+,13+,14-. The van der Waals surface area contributed by atoms with Gasteiger partial charge in [0.05, 0.1) is 16.2 Å². The lowest BCUT2D eigenvalue weighted by molar-refractivity contribution is -0.385. The molecule has 0 unspecified atom stereocenters. The summed E-state index contributed by atoms with van der Waals surface area (Å²) in [6, 6.07) is 4.07. The average molecular weight is 354 g/mol. The van der Waals surface area contributed by atoms with E-state index in [1.807, 2.05) is 0 Å². The summed E-state index contributed by atoms with van der Waals surface area (Å²) in [5, 5.41) is 32.9. The third-order valence-corrected chi connectivity index (χ3v) is 6.46. The van der Waals surface area contributed by atoms with Crippen molar-refractivity contribution in [1.82, 2.24) is 4.57 Å². The fourth-order valence-corrected chi connectivity index (χ4v) is 5.33. The van der Waals surface area contributed by atoms with E-state index in [0.717, 1.165) is 30.4 Å². The molecule has 1 aromatic heterocycles. The van der Waals surface area contributed by atoms with Crippen LogP contribution in [0.15, 0.2) is 18.2 Å². The summed E-state index contributed by atoms with van der Waals surface area (Å²) in [5.74, 6) is 1.33. The molecule has 7 heteroatoms. The van der Waals surface area contributed by atoms with Gasteiger partial charge in [0.1, 0.15) is 0 Å². The Morgan fingerprint density at radius 2 is 1.73 bits per heavy atom. The van der Waals surface area contributed by atoms with E-state index in [4.69, 9.17) is 0 Å². The molecule has 6 rings (SSSR count). The molecule has 0 aliphatic heterocycles. The third-order valence-electron chi connectivity index (χ3n) is 6.46. The van der Waals surface area contributed by atoms with Gasteiger partial charge in [0.25, 0.3) is 5.69 Å². The van der Waals surface area contributed by atoms with Crippen LogP contribution in [0, 0.1) is 22.0 Å². The average Bonchev–Trinajstić information content (AvgIpc) is 3.38. The summed E-state index contributed by atoms with van der Waals surface area (Å²) >= 11 is 0. The molecule has 1 heterocycles. The molecule has 2 saturated carbocycles. The van der Waals surface area contributed by atoms with Gasteiger partial charge in [0.15, 0.2) is 5.78 Å². The summed E-state index contributed by atoms with van der Waals surface area (Å²) in [7, 11) is 0. The summed E-state index contributed by atoms with van der Waals surface area (Å²) in [6.07, 6.45) is 3.21. The van der Waals surface area contributed by atoms with Crippen molar-refractivity contribution in [1.29, 1.82) is 0 Å². The van der Waals surface area contributed by atoms with E-state index >= 15 is 0 Å². The van der Waals surface area contributed by atoms with Gasteiger partial charge >= 0.3 is 0 Å². The van der Waals surface area contributed by atoms with Gasteiger partial charge in [-0.25, -0.2) is 0 Å². The van der Waals surface area contributed by atoms with E-state index in [-0.39, 0.29) is 34.8 Å². The maximum Gasteiger partial charge on any atom is 0.280 e. The van der Waals surface area contributed by atoms with Crippen molar-refractivity contribution in [2.45, 2.75) is 38.0 Å². The monoisotopic (exact) mass is 354 g/mol. The Bertz CT molecular complexity index is 953. The second-order valence-electron chi connectivity index (χ2n) is 7.68. The van der Waals surface area contributed by atoms with E-state index in [9.17, 15) is 25.1 Å². The van der Waals surface area contributed by atoms with Gasteiger partial charge in [0, 0.05) is 17.2 Å². The van der Waals surface area contributed by atoms with Gasteiger partial charge in [-0.1, -0.05) is 0 Å². The summed E-state index contributed by atoms with van der Waals surface area (Å²) in [4.78, 5) is 22.4. The zero-order valence-electron chi connectivity index (χ0n) is 14.2. The van der Waals surface area contributed by atoms with E-state index in [1.54, 1.807) is 0 Å². The molecule has 0 spiro atoms. The molecule has 2 fully saturated rings. The van der Waals surface area contributed by atoms with Crippen LogP contribution >= 0.6 is 0 Å². The van der Waals surface area contributed by atoms with Crippen LogP contribution in [-0.2, 0) is 0 Å². The van der Waals surface area contributed by atoms with Crippen LogP contribution in [0.5, 0.6) is 11.8 Å². The maximum absolute atomic E-state index is 11.8. The molecule has 26 heavy (non-hydrogen) atoms. The first-order valence-corrected chi connectivity index (χ1v) is 8.86. The highest BCUT2D eigenvalue weighted by molar-refractivity contribution is 5.98. The molecule has 2 aromatic rings. The highest BCUT2D eigenvalue weighted by Gasteiger charge is 2.58. The maximum atomic E-state index is 11.8. The summed E-state index contributed by atoms with van der Waals surface area (Å²) in [5.41, 5.74) is 1.71. The Kier molecular flexibility index (Phi) is 2.89. The van der Waals surface area contributed by atoms with Crippen LogP contribution in [0.4, 0.5) is 5.69 Å². The molecule has 4 aliphatic rings. The van der Waals surface area contributed by atoms with Crippen molar-refractivity contribution in [2.24, 2.45) is 11.8 Å². The van der Waals surface area contributed by atoms with Gasteiger partial charge in [-0.2, -0.15) is 0 Å². The number of fused-ring (bicyclic) bond motifs is 1. The minimum atomic E-state index is -0.603. The first-order valence-electron chi connectivity index (χ1n) is 8.86. The Balaban J connectivity index is 1.70. The number of nitrogens with zero attached hydrogens (tertiary/aromatic N) is 2. The fourth-order valence-electron chi connectivity index (χ4n) is 5.33. The smallest absolute Gasteiger partial charge is 0.280 e. The number of carbonyl (C=O) groups is 1. The molecule has 4 atom stereocenters. The molecule has 0 saturated heterocycles. The van der Waals surface area contributed by atoms with Gasteiger partial charge in [-0.15, -0.1) is 0 Å². The molecular weight excluding hydrogens is 336 g/mol. The number of aromatic nitrogens is 1. The minimum Gasteiger partial charge on any atom is -0.494 e. The van der Waals surface area contributed by atoms with Crippen LogP contribution in [-0.4, -0.2) is 25.5 Å². The van der Waals surface area contributed by atoms with E-state index in [1.165, 1.54) is 29.7 Å². The Morgan fingerprint density at radius 1 is 1.15 bits per heavy atom. The van der Waals surface area contributed by atoms with Crippen LogP contribution < -0.4 is 0 Å². The Morgan fingerprint density at radius 3 is 2.23 bits per heavy atom. The van der Waals surface area contributed by atoms with E-state index in [0.29, 0.717) is 17.5 Å². The zero-order chi connectivity index (χ0) is 18.3. The summed E-state index contributed by atoms with van der Waals surface area (Å²) in [6.45, 7) is 1.26. The molecule has 7 nitrogen and oxygen atoms in total. The highest BCUT2D eigenvalue weighted by Crippen LogP contribution is 2.70. The number of carbonyl (C=O) groups excluding carboxylic acids is 1. The second-order valence-corrected chi connectivity index (χ2v) is 7.68. The van der Waals surface area contributed by atoms with Crippen LogP contribution in [0.25, 0.3) is 5.69 Å². The Labute approximate surface area is 149 Å². The fraction of sp³-hybridized carbons (Fsp3) is 0.421. The molecule has 2 bridgehead atoms. The van der Waals surface area contributed by atoms with Crippen molar-refractivity contribution in [3.8, 4) is 17.4 Å². The van der Waals surface area contributed by atoms with Crippen LogP contribution in [0.3, 0.4) is 0 Å². The predicted octanol–water partition coefficient (Wildman–Crippen LogP) is 3.61. The number of nitro groups is 1. The molecule has 134 valence electrons. The predicted molar refractivity (Wildman–Crippen MR) is 92.1 cm³/mol. The van der Waals surface area contributed by atoms with Gasteiger partial charge < -0.3 is 10.2 Å². The first-order chi connectivity index (χ1) is 12.4. The second kappa shape index (κ2) is 4.87. The molecule has 0 radical (unpaired) electrons. The lowest BCUT2D eigenvalue weighted by Crippen LogP contribution is -2.22. The number of Topliss-reactive ketones (excluding diaryl/α,β-unsaturated/α-hetero) is 1. The lowest BCUT2D eigenvalue weighted by Gasteiger charge is -2.35. The van der Waals surface area contributed by atoms with Crippen molar-refractivity contribution in [3.05, 3.63) is 45.0 Å². The molecule has 0 amide bonds. The van der Waals surface area contributed by atoms with Crippen LogP contribution in [0.2, 0.25) is 0 Å². The molecule has 2 N–H and O–H groups in total. The topological polar surface area (TPSA) is 106 Å². The van der Waals surface area contributed by atoms with Crippen LogP contribution in [0.1, 0.15) is 59.5 Å². The van der Waals surface area contributed by atoms with E-state index < -0.39 is 10.7 Å².